The molecule has 3 N–H and O–H groups in total. The second-order valence-electron chi connectivity index (χ2n) is 4.86. The van der Waals surface area contributed by atoms with Gasteiger partial charge in [-0.1, -0.05) is 0 Å². The average molecular weight is 320 g/mol. The Kier molecular flexibility index (Phi) is 5.18. The minimum absolute atomic E-state index is 0.0224. The van der Waals surface area contributed by atoms with Crippen LogP contribution in [0.5, 0.6) is 0 Å². The average Bonchev–Trinajstić information content (AvgIpc) is 2.96. The third-order valence-electron chi connectivity index (χ3n) is 2.95. The van der Waals surface area contributed by atoms with Crippen LogP contribution in [0.2, 0.25) is 0 Å². The molecule has 1 atom stereocenters. The molecular formula is C14H16N4O3S. The van der Waals surface area contributed by atoms with E-state index in [4.69, 9.17) is 5.73 Å². The quantitative estimate of drug-likeness (QED) is 0.626. The number of nitrogens with two attached hydrogens (primary N) is 1. The molecule has 22 heavy (non-hydrogen) atoms. The molecule has 8 heteroatoms. The lowest BCUT2D eigenvalue weighted by molar-refractivity contribution is -0.384. The number of hydrogen-bond donors (Lipinski definition) is 2. The number of aromatic nitrogens is 1. The van der Waals surface area contributed by atoms with Crippen molar-refractivity contribution in [1.29, 1.82) is 0 Å². The zero-order chi connectivity index (χ0) is 16.1. The maximum Gasteiger partial charge on any atom is 0.270 e. The molecule has 1 unspecified atom stereocenters. The molecule has 1 aromatic carbocycles. The highest BCUT2D eigenvalue weighted by Crippen LogP contribution is 2.25. The summed E-state index contributed by atoms with van der Waals surface area (Å²) in [4.78, 5) is 26.3. The molecule has 0 aliphatic heterocycles. The molecule has 0 spiro atoms. The number of nitro groups is 1. The van der Waals surface area contributed by atoms with E-state index in [0.29, 0.717) is 23.7 Å². The third-order valence-corrected chi connectivity index (χ3v) is 3.84. The Morgan fingerprint density at radius 1 is 1.45 bits per heavy atom. The highest BCUT2D eigenvalue weighted by atomic mass is 32.1. The summed E-state index contributed by atoms with van der Waals surface area (Å²) in [7, 11) is 0. The SMILES string of the molecule is CC(N)CCNC(=O)c1csc(-c2ccc([N+](=O)[O-])cc2)n1. The van der Waals surface area contributed by atoms with Gasteiger partial charge in [-0.2, -0.15) is 0 Å². The van der Waals surface area contributed by atoms with Gasteiger partial charge in [0.1, 0.15) is 10.7 Å². The van der Waals surface area contributed by atoms with Crippen LogP contribution in [0.4, 0.5) is 5.69 Å². The molecule has 0 saturated carbocycles. The lowest BCUT2D eigenvalue weighted by Gasteiger charge is -2.05. The number of nitrogens with zero attached hydrogens (tertiary/aromatic N) is 2. The zero-order valence-corrected chi connectivity index (χ0v) is 12.8. The van der Waals surface area contributed by atoms with Gasteiger partial charge in [0, 0.05) is 35.7 Å². The van der Waals surface area contributed by atoms with Crippen LogP contribution < -0.4 is 11.1 Å². The molecule has 1 amide bonds. The summed E-state index contributed by atoms with van der Waals surface area (Å²) < 4.78 is 0. The van der Waals surface area contributed by atoms with Crippen LogP contribution >= 0.6 is 11.3 Å². The van der Waals surface area contributed by atoms with Gasteiger partial charge in [0.15, 0.2) is 0 Å². The van der Waals surface area contributed by atoms with Gasteiger partial charge in [-0.05, 0) is 25.5 Å². The molecule has 0 aliphatic rings. The highest BCUT2D eigenvalue weighted by Gasteiger charge is 2.12. The van der Waals surface area contributed by atoms with Crippen LogP contribution in [0.25, 0.3) is 10.6 Å². The first-order chi connectivity index (χ1) is 10.5. The summed E-state index contributed by atoms with van der Waals surface area (Å²) in [6.07, 6.45) is 0.699. The highest BCUT2D eigenvalue weighted by molar-refractivity contribution is 7.13. The minimum Gasteiger partial charge on any atom is -0.351 e. The smallest absolute Gasteiger partial charge is 0.270 e. The second-order valence-corrected chi connectivity index (χ2v) is 5.72. The van der Waals surface area contributed by atoms with Gasteiger partial charge < -0.3 is 11.1 Å². The molecule has 0 aliphatic carbocycles. The number of nitro benzene ring substituents is 1. The number of amides is 1. The Hall–Kier alpha value is -2.32. The van der Waals surface area contributed by atoms with Gasteiger partial charge >= 0.3 is 0 Å². The van der Waals surface area contributed by atoms with Gasteiger partial charge in [-0.25, -0.2) is 4.98 Å². The minimum atomic E-state index is -0.455. The van der Waals surface area contributed by atoms with E-state index in [1.54, 1.807) is 17.5 Å². The first-order valence-electron chi connectivity index (χ1n) is 6.71. The number of carbonyl (C=O) groups excluding carboxylic acids is 1. The Balaban J connectivity index is 2.04. The predicted molar refractivity (Wildman–Crippen MR) is 84.8 cm³/mol. The maximum atomic E-state index is 11.9. The summed E-state index contributed by atoms with van der Waals surface area (Å²) in [5.41, 5.74) is 6.72. The largest absolute Gasteiger partial charge is 0.351 e. The van der Waals surface area contributed by atoms with Crippen LogP contribution in [-0.4, -0.2) is 28.4 Å². The van der Waals surface area contributed by atoms with Crippen LogP contribution in [0.15, 0.2) is 29.6 Å². The van der Waals surface area contributed by atoms with Crippen LogP contribution in [-0.2, 0) is 0 Å². The van der Waals surface area contributed by atoms with E-state index in [1.807, 2.05) is 6.92 Å². The van der Waals surface area contributed by atoms with E-state index in [9.17, 15) is 14.9 Å². The normalized spacial score (nSPS) is 11.9. The lowest BCUT2D eigenvalue weighted by atomic mass is 10.2. The Bertz CT molecular complexity index is 667. The van der Waals surface area contributed by atoms with Gasteiger partial charge in [-0.3, -0.25) is 14.9 Å². The number of thiazole rings is 1. The fraction of sp³-hybridized carbons (Fsp3) is 0.286. The van der Waals surface area contributed by atoms with Crippen molar-refractivity contribution in [2.75, 3.05) is 6.54 Å². The molecule has 2 rings (SSSR count). The van der Waals surface area contributed by atoms with Crippen LogP contribution in [0, 0.1) is 10.1 Å². The number of benzene rings is 1. The standard InChI is InChI=1S/C14H16N4O3S/c1-9(15)6-7-16-13(19)12-8-22-14(17-12)10-2-4-11(5-3-10)18(20)21/h2-5,8-9H,6-7,15H2,1H3,(H,16,19). The second kappa shape index (κ2) is 7.10. The molecular weight excluding hydrogens is 304 g/mol. The monoisotopic (exact) mass is 320 g/mol. The first-order valence-corrected chi connectivity index (χ1v) is 7.59. The molecule has 116 valence electrons. The fourth-order valence-corrected chi connectivity index (χ4v) is 2.55. The number of carbonyl (C=O) groups is 1. The van der Waals surface area contributed by atoms with Gasteiger partial charge in [0.05, 0.1) is 4.92 Å². The van der Waals surface area contributed by atoms with Crippen molar-refractivity contribution in [2.24, 2.45) is 5.73 Å². The third kappa shape index (κ3) is 4.09. The van der Waals surface area contributed by atoms with Crippen molar-refractivity contribution in [3.05, 3.63) is 45.5 Å². The van der Waals surface area contributed by atoms with E-state index >= 15 is 0 Å². The predicted octanol–water partition coefficient (Wildman–Crippen LogP) is 2.19. The fourth-order valence-electron chi connectivity index (χ4n) is 1.74. The number of rotatable bonds is 6. The Morgan fingerprint density at radius 2 is 2.14 bits per heavy atom. The van der Waals surface area contributed by atoms with Gasteiger partial charge in [-0.15, -0.1) is 11.3 Å². The lowest BCUT2D eigenvalue weighted by Crippen LogP contribution is -2.29. The van der Waals surface area contributed by atoms with E-state index in [0.717, 1.165) is 5.56 Å². The van der Waals surface area contributed by atoms with E-state index < -0.39 is 4.92 Å². The molecule has 0 radical (unpaired) electrons. The van der Waals surface area contributed by atoms with Crippen LogP contribution in [0.3, 0.4) is 0 Å². The van der Waals surface area contributed by atoms with Crippen molar-refractivity contribution in [2.45, 2.75) is 19.4 Å². The van der Waals surface area contributed by atoms with Crippen molar-refractivity contribution < 1.29 is 9.72 Å². The Morgan fingerprint density at radius 3 is 2.73 bits per heavy atom. The molecule has 1 heterocycles. The molecule has 2 aromatic rings. The summed E-state index contributed by atoms with van der Waals surface area (Å²) in [5.74, 6) is -0.245. The van der Waals surface area contributed by atoms with E-state index in [2.05, 4.69) is 10.3 Å². The molecule has 7 nitrogen and oxygen atoms in total. The summed E-state index contributed by atoms with van der Waals surface area (Å²) in [5, 5.41) is 15.7. The number of nitrogens with one attached hydrogen (secondary N) is 1. The van der Waals surface area contributed by atoms with Crippen molar-refractivity contribution in [1.82, 2.24) is 10.3 Å². The summed E-state index contributed by atoms with van der Waals surface area (Å²) in [6, 6.07) is 6.10. The zero-order valence-electron chi connectivity index (χ0n) is 12.0. The Labute approximate surface area is 131 Å². The van der Waals surface area contributed by atoms with Crippen molar-refractivity contribution in [3.8, 4) is 10.6 Å². The van der Waals surface area contributed by atoms with Crippen molar-refractivity contribution >= 4 is 22.9 Å². The molecule has 1 aromatic heterocycles. The van der Waals surface area contributed by atoms with Gasteiger partial charge in [0.2, 0.25) is 0 Å². The molecule has 0 fully saturated rings. The maximum absolute atomic E-state index is 11.9. The van der Waals surface area contributed by atoms with Crippen molar-refractivity contribution in [3.63, 3.8) is 0 Å². The number of hydrogen-bond acceptors (Lipinski definition) is 6. The van der Waals surface area contributed by atoms with Gasteiger partial charge in [0.25, 0.3) is 11.6 Å². The first kappa shape index (κ1) is 16.1. The van der Waals surface area contributed by atoms with E-state index in [1.165, 1.54) is 23.5 Å². The molecule has 0 bridgehead atoms. The topological polar surface area (TPSA) is 111 Å². The van der Waals surface area contributed by atoms with E-state index in [-0.39, 0.29) is 17.6 Å². The molecule has 0 saturated heterocycles. The van der Waals surface area contributed by atoms with Crippen LogP contribution in [0.1, 0.15) is 23.8 Å². The summed E-state index contributed by atoms with van der Waals surface area (Å²) in [6.45, 7) is 2.38. The number of non-ortho nitro benzene ring substituents is 1. The summed E-state index contributed by atoms with van der Waals surface area (Å²) >= 11 is 1.32.